The third kappa shape index (κ3) is 2.00. The molecule has 110 valence electrons. The zero-order chi connectivity index (χ0) is 15.1. The van der Waals surface area contributed by atoms with Crippen LogP contribution in [0.1, 0.15) is 27.5 Å². The van der Waals surface area contributed by atoms with Crippen LogP contribution >= 0.6 is 0 Å². The van der Waals surface area contributed by atoms with E-state index in [1.807, 2.05) is 48.5 Å². The lowest BCUT2D eigenvalue weighted by Crippen LogP contribution is -2.33. The Hall–Kier alpha value is -2.59. The van der Waals surface area contributed by atoms with E-state index in [0.717, 1.165) is 16.5 Å². The molecule has 22 heavy (non-hydrogen) atoms. The lowest BCUT2D eigenvalue weighted by molar-refractivity contribution is 0.0859. The van der Waals surface area contributed by atoms with Gasteiger partial charge in [-0.15, -0.1) is 0 Å². The van der Waals surface area contributed by atoms with Gasteiger partial charge in [0.15, 0.2) is 0 Å². The predicted octanol–water partition coefficient (Wildman–Crippen LogP) is 2.82. The summed E-state index contributed by atoms with van der Waals surface area (Å²) in [6.07, 6.45) is 1.43. The molecule has 4 nitrogen and oxygen atoms in total. The number of carbonyl (C=O) groups excluding carboxylic acids is 1. The molecular weight excluding hydrogens is 278 g/mol. The second-order valence-electron chi connectivity index (χ2n) is 5.57. The van der Waals surface area contributed by atoms with Crippen molar-refractivity contribution >= 4 is 16.9 Å². The van der Waals surface area contributed by atoms with Gasteiger partial charge >= 0.3 is 0 Å². The van der Waals surface area contributed by atoms with E-state index in [2.05, 4.69) is 5.32 Å². The smallest absolute Gasteiger partial charge is 0.255 e. The monoisotopic (exact) mass is 293 g/mol. The molecule has 0 aliphatic heterocycles. The molecule has 1 aliphatic rings. The first-order valence-electron chi connectivity index (χ1n) is 7.27. The molecule has 2 N–H and O–H groups in total. The van der Waals surface area contributed by atoms with Gasteiger partial charge in [-0.1, -0.05) is 42.5 Å². The fourth-order valence-corrected chi connectivity index (χ4v) is 3.12. The molecule has 0 saturated carbocycles. The fraction of sp³-hybridized carbons (Fsp3) is 0.167. The summed E-state index contributed by atoms with van der Waals surface area (Å²) >= 11 is 0. The van der Waals surface area contributed by atoms with Crippen molar-refractivity contribution in [2.75, 3.05) is 0 Å². The Bertz CT molecular complexity index is 852. The molecule has 4 heteroatoms. The molecular formula is C18H15NO3. The SMILES string of the molecule is O=C(N[C@@H]1c2ccccc2C[C@@H]1O)c1coc2ccccc12. The second kappa shape index (κ2) is 5.00. The number of fused-ring (bicyclic) bond motifs is 2. The average Bonchev–Trinajstić information content (AvgIpc) is 3.09. The van der Waals surface area contributed by atoms with Gasteiger partial charge in [0.2, 0.25) is 0 Å². The minimum atomic E-state index is -0.598. The number of aliphatic hydroxyl groups is 1. The van der Waals surface area contributed by atoms with Crippen molar-refractivity contribution in [1.82, 2.24) is 5.32 Å². The molecule has 0 fully saturated rings. The number of aliphatic hydroxyl groups excluding tert-OH is 1. The van der Waals surface area contributed by atoms with Crippen molar-refractivity contribution in [3.8, 4) is 0 Å². The van der Waals surface area contributed by atoms with E-state index in [9.17, 15) is 9.90 Å². The maximum Gasteiger partial charge on any atom is 0.255 e. The summed E-state index contributed by atoms with van der Waals surface area (Å²) in [5.41, 5.74) is 3.24. The van der Waals surface area contributed by atoms with E-state index >= 15 is 0 Å². The first-order valence-corrected chi connectivity index (χ1v) is 7.27. The van der Waals surface area contributed by atoms with Gasteiger partial charge in [0, 0.05) is 11.8 Å². The van der Waals surface area contributed by atoms with E-state index in [1.54, 1.807) is 0 Å². The highest BCUT2D eigenvalue weighted by molar-refractivity contribution is 6.06. The third-order valence-electron chi connectivity index (χ3n) is 4.22. The summed E-state index contributed by atoms with van der Waals surface area (Å²) in [5.74, 6) is -0.231. The van der Waals surface area contributed by atoms with Crippen molar-refractivity contribution in [2.45, 2.75) is 18.6 Å². The van der Waals surface area contributed by atoms with Crippen LogP contribution in [-0.4, -0.2) is 17.1 Å². The first kappa shape index (κ1) is 13.1. The van der Waals surface area contributed by atoms with E-state index in [0.29, 0.717) is 17.6 Å². The summed E-state index contributed by atoms with van der Waals surface area (Å²) in [7, 11) is 0. The number of carbonyl (C=O) groups is 1. The Morgan fingerprint density at radius 2 is 1.91 bits per heavy atom. The number of hydrogen-bond donors (Lipinski definition) is 2. The Morgan fingerprint density at radius 3 is 2.82 bits per heavy atom. The number of nitrogens with one attached hydrogen (secondary N) is 1. The summed E-state index contributed by atoms with van der Waals surface area (Å²) in [6, 6.07) is 14.8. The van der Waals surface area contributed by atoms with Crippen LogP contribution in [0.2, 0.25) is 0 Å². The molecule has 0 radical (unpaired) electrons. The zero-order valence-electron chi connectivity index (χ0n) is 11.8. The van der Waals surface area contributed by atoms with Crippen molar-refractivity contribution in [1.29, 1.82) is 0 Å². The van der Waals surface area contributed by atoms with Crippen LogP contribution in [0, 0.1) is 0 Å². The topological polar surface area (TPSA) is 62.5 Å². The van der Waals surface area contributed by atoms with Crippen LogP contribution in [0.25, 0.3) is 11.0 Å². The number of furan rings is 1. The quantitative estimate of drug-likeness (QED) is 0.763. The summed E-state index contributed by atoms with van der Waals surface area (Å²) in [5, 5.41) is 13.9. The summed E-state index contributed by atoms with van der Waals surface area (Å²) in [6.45, 7) is 0. The minimum absolute atomic E-state index is 0.231. The van der Waals surface area contributed by atoms with Gasteiger partial charge in [-0.05, 0) is 17.2 Å². The van der Waals surface area contributed by atoms with Crippen LogP contribution in [0.3, 0.4) is 0 Å². The molecule has 0 saturated heterocycles. The minimum Gasteiger partial charge on any atom is -0.463 e. The number of para-hydroxylation sites is 1. The Balaban J connectivity index is 1.65. The molecule has 3 aromatic rings. The van der Waals surface area contributed by atoms with Gasteiger partial charge < -0.3 is 14.8 Å². The Kier molecular flexibility index (Phi) is 2.98. The molecule has 2 aromatic carbocycles. The number of hydrogen-bond acceptors (Lipinski definition) is 3. The van der Waals surface area contributed by atoms with Crippen LogP contribution < -0.4 is 5.32 Å². The Morgan fingerprint density at radius 1 is 1.14 bits per heavy atom. The summed E-state index contributed by atoms with van der Waals surface area (Å²) < 4.78 is 5.41. The molecule has 1 aliphatic carbocycles. The highest BCUT2D eigenvalue weighted by Crippen LogP contribution is 2.32. The molecule has 0 unspecified atom stereocenters. The third-order valence-corrected chi connectivity index (χ3v) is 4.22. The number of benzene rings is 2. The zero-order valence-corrected chi connectivity index (χ0v) is 11.8. The lowest BCUT2D eigenvalue weighted by Gasteiger charge is -2.17. The molecule has 0 bridgehead atoms. The first-order chi connectivity index (χ1) is 10.7. The second-order valence-corrected chi connectivity index (χ2v) is 5.57. The number of amides is 1. The van der Waals surface area contributed by atoms with Crippen LogP contribution in [0.5, 0.6) is 0 Å². The molecule has 0 spiro atoms. The van der Waals surface area contributed by atoms with Crippen molar-refractivity contribution < 1.29 is 14.3 Å². The molecule has 1 heterocycles. The summed E-state index contributed by atoms with van der Waals surface area (Å²) in [4.78, 5) is 12.5. The van der Waals surface area contributed by atoms with Gasteiger partial charge in [0.05, 0.1) is 17.7 Å². The maximum atomic E-state index is 12.5. The standard InChI is InChI=1S/C18H15NO3/c20-15-9-11-5-1-2-6-12(11)17(15)19-18(21)14-10-22-16-8-4-3-7-13(14)16/h1-8,10,15,17,20H,9H2,(H,19,21)/t15-,17+/m0/s1. The number of rotatable bonds is 2. The van der Waals surface area contributed by atoms with Gasteiger partial charge in [0.1, 0.15) is 11.8 Å². The van der Waals surface area contributed by atoms with Crippen molar-refractivity contribution in [3.63, 3.8) is 0 Å². The van der Waals surface area contributed by atoms with E-state index in [-0.39, 0.29) is 11.9 Å². The van der Waals surface area contributed by atoms with Gasteiger partial charge in [-0.2, -0.15) is 0 Å². The largest absolute Gasteiger partial charge is 0.463 e. The van der Waals surface area contributed by atoms with Crippen LogP contribution in [-0.2, 0) is 6.42 Å². The molecule has 1 amide bonds. The van der Waals surface area contributed by atoms with E-state index in [4.69, 9.17) is 4.42 Å². The highest BCUT2D eigenvalue weighted by Gasteiger charge is 2.32. The van der Waals surface area contributed by atoms with Crippen molar-refractivity contribution in [2.24, 2.45) is 0 Å². The van der Waals surface area contributed by atoms with Crippen LogP contribution in [0.15, 0.2) is 59.2 Å². The van der Waals surface area contributed by atoms with Crippen molar-refractivity contribution in [3.05, 3.63) is 71.5 Å². The van der Waals surface area contributed by atoms with E-state index in [1.165, 1.54) is 6.26 Å². The Labute approximate surface area is 127 Å². The van der Waals surface area contributed by atoms with E-state index < -0.39 is 6.10 Å². The molecule has 4 rings (SSSR count). The van der Waals surface area contributed by atoms with Gasteiger partial charge in [-0.3, -0.25) is 4.79 Å². The molecule has 2 atom stereocenters. The molecule has 1 aromatic heterocycles. The fourth-order valence-electron chi connectivity index (χ4n) is 3.12. The normalized spacial score (nSPS) is 20.0. The average molecular weight is 293 g/mol. The van der Waals surface area contributed by atoms with Crippen LogP contribution in [0.4, 0.5) is 0 Å². The van der Waals surface area contributed by atoms with Gasteiger partial charge in [-0.25, -0.2) is 0 Å². The maximum absolute atomic E-state index is 12.5. The lowest BCUT2D eigenvalue weighted by atomic mass is 10.1. The highest BCUT2D eigenvalue weighted by atomic mass is 16.3. The predicted molar refractivity (Wildman–Crippen MR) is 82.6 cm³/mol. The van der Waals surface area contributed by atoms with Gasteiger partial charge in [0.25, 0.3) is 5.91 Å².